The molecule has 2 aromatic rings. The van der Waals surface area contributed by atoms with Gasteiger partial charge >= 0.3 is 0 Å². The lowest BCUT2D eigenvalue weighted by molar-refractivity contribution is -0.129. The summed E-state index contributed by atoms with van der Waals surface area (Å²) in [6.07, 6.45) is 6.14. The van der Waals surface area contributed by atoms with E-state index in [0.717, 1.165) is 66.9 Å². The molecule has 0 unspecified atom stereocenters. The molecule has 4 fully saturated rings. The molecule has 2 atom stereocenters. The predicted molar refractivity (Wildman–Crippen MR) is 129 cm³/mol. The first-order valence-corrected chi connectivity index (χ1v) is 12.6. The number of hydrogen-bond donors (Lipinski definition) is 3. The number of ketones is 1. The van der Waals surface area contributed by atoms with Gasteiger partial charge in [-0.2, -0.15) is 5.10 Å². The molecule has 4 N–H and O–H groups in total. The third-order valence-corrected chi connectivity index (χ3v) is 8.80. The molecule has 34 heavy (non-hydrogen) atoms. The molecule has 5 aliphatic carbocycles. The Hall–Kier alpha value is -2.67. The second kappa shape index (κ2) is 7.17. The van der Waals surface area contributed by atoms with Crippen LogP contribution in [0.2, 0.25) is 0 Å². The number of primary amides is 1. The van der Waals surface area contributed by atoms with Crippen LogP contribution in [0.1, 0.15) is 84.5 Å². The normalized spacial score (nSPS) is 33.1. The van der Waals surface area contributed by atoms with Gasteiger partial charge in [0.25, 0.3) is 5.91 Å². The Bertz CT molecular complexity index is 1200. The van der Waals surface area contributed by atoms with Crippen molar-refractivity contribution in [2.45, 2.75) is 77.4 Å². The van der Waals surface area contributed by atoms with E-state index in [1.165, 1.54) is 0 Å². The van der Waals surface area contributed by atoms with Gasteiger partial charge < -0.3 is 16.2 Å². The Morgan fingerprint density at radius 3 is 2.53 bits per heavy atom. The molecule has 0 aliphatic heterocycles. The van der Waals surface area contributed by atoms with Crippen molar-refractivity contribution in [1.29, 1.82) is 0 Å². The molecule has 1 aromatic heterocycles. The zero-order chi connectivity index (χ0) is 24.0. The lowest BCUT2D eigenvalue weighted by Gasteiger charge is -2.58. The minimum absolute atomic E-state index is 0.122. The summed E-state index contributed by atoms with van der Waals surface area (Å²) in [5.41, 5.74) is 9.56. The molecule has 180 valence electrons. The van der Waals surface area contributed by atoms with Gasteiger partial charge in [0.2, 0.25) is 0 Å². The van der Waals surface area contributed by atoms with Crippen LogP contribution in [-0.4, -0.2) is 38.2 Å². The molecule has 7 rings (SSSR count). The number of hydrogen-bond acceptors (Lipinski definition) is 5. The van der Waals surface area contributed by atoms with E-state index in [0.29, 0.717) is 29.7 Å². The summed E-state index contributed by atoms with van der Waals surface area (Å²) in [7, 11) is 0. The molecule has 4 bridgehead atoms. The number of anilines is 1. The van der Waals surface area contributed by atoms with E-state index >= 15 is 0 Å². The summed E-state index contributed by atoms with van der Waals surface area (Å²) >= 11 is 0. The fraction of sp³-hybridized carbons (Fsp3) is 0.593. The summed E-state index contributed by atoms with van der Waals surface area (Å²) in [5.74, 6) is 1.10. The van der Waals surface area contributed by atoms with E-state index < -0.39 is 11.5 Å². The molecule has 0 saturated heterocycles. The van der Waals surface area contributed by atoms with Crippen LogP contribution < -0.4 is 11.1 Å². The molecule has 1 amide bonds. The summed E-state index contributed by atoms with van der Waals surface area (Å²) in [5, 5.41) is 19.4. The van der Waals surface area contributed by atoms with Crippen molar-refractivity contribution in [3.8, 4) is 5.69 Å². The summed E-state index contributed by atoms with van der Waals surface area (Å²) in [6, 6.07) is 5.81. The van der Waals surface area contributed by atoms with Gasteiger partial charge in [-0.05, 0) is 86.8 Å². The van der Waals surface area contributed by atoms with Crippen LogP contribution in [0.5, 0.6) is 0 Å². The number of aryl methyl sites for hydroxylation is 1. The monoisotopic (exact) mass is 462 g/mol. The fourth-order valence-electron chi connectivity index (χ4n) is 7.75. The molecular weight excluding hydrogens is 428 g/mol. The topological polar surface area (TPSA) is 110 Å². The molecule has 4 saturated carbocycles. The van der Waals surface area contributed by atoms with E-state index in [-0.39, 0.29) is 17.2 Å². The van der Waals surface area contributed by atoms with E-state index in [1.807, 2.05) is 23.7 Å². The maximum Gasteiger partial charge on any atom is 0.250 e. The van der Waals surface area contributed by atoms with Crippen molar-refractivity contribution in [1.82, 2.24) is 9.78 Å². The van der Waals surface area contributed by atoms with Gasteiger partial charge in [-0.3, -0.25) is 9.59 Å². The maximum atomic E-state index is 12.9. The van der Waals surface area contributed by atoms with Crippen molar-refractivity contribution < 1.29 is 14.7 Å². The quantitative estimate of drug-likeness (QED) is 0.640. The SMILES string of the molecule is Cc1nn(-c2ccc(C(N)=O)c(NC3[C@H]4CC5C[C@H]3CC(O)(C5)C4)c2)c2c1C(=O)CC(C)(C)C2. The van der Waals surface area contributed by atoms with E-state index in [1.54, 1.807) is 6.07 Å². The molecule has 7 heteroatoms. The number of nitrogens with one attached hydrogen (secondary N) is 1. The molecule has 7 nitrogen and oxygen atoms in total. The standard InChI is InChI=1S/C27H34N4O3/c1-14-23-21(12-26(2,3)13-22(23)32)31(30-14)18-4-5-19(25(28)33)20(8-18)29-24-16-6-15-7-17(24)11-27(34,9-15)10-16/h4-5,8,15-17,24,29,34H,6-7,9-13H2,1-3H3,(H2,28,33)/t15?,16-,17-,24?,27?/m0/s1. The van der Waals surface area contributed by atoms with Gasteiger partial charge in [0, 0.05) is 18.2 Å². The summed E-state index contributed by atoms with van der Waals surface area (Å²) in [4.78, 5) is 25.2. The minimum Gasteiger partial charge on any atom is -0.390 e. The number of nitrogens with zero attached hydrogens (tertiary/aromatic N) is 2. The van der Waals surface area contributed by atoms with Crippen LogP contribution in [0.25, 0.3) is 5.69 Å². The van der Waals surface area contributed by atoms with Crippen molar-refractivity contribution in [3.63, 3.8) is 0 Å². The number of fused-ring (bicyclic) bond motifs is 1. The highest BCUT2D eigenvalue weighted by molar-refractivity contribution is 6.00. The van der Waals surface area contributed by atoms with Crippen molar-refractivity contribution in [2.75, 3.05) is 5.32 Å². The number of aromatic nitrogens is 2. The lowest BCUT2D eigenvalue weighted by Crippen LogP contribution is -2.59. The van der Waals surface area contributed by atoms with Crippen molar-refractivity contribution >= 4 is 17.4 Å². The number of carbonyl (C=O) groups excluding carboxylic acids is 2. The van der Waals surface area contributed by atoms with E-state index in [9.17, 15) is 14.7 Å². The first-order valence-electron chi connectivity index (χ1n) is 12.6. The van der Waals surface area contributed by atoms with Gasteiger partial charge in [0.05, 0.1) is 33.8 Å². The molecule has 5 aliphatic rings. The Balaban J connectivity index is 1.38. The van der Waals surface area contributed by atoms with Gasteiger partial charge in [-0.25, -0.2) is 4.68 Å². The highest BCUT2D eigenvalue weighted by Gasteiger charge is 2.54. The minimum atomic E-state index is -0.506. The highest BCUT2D eigenvalue weighted by Crippen LogP contribution is 2.56. The fourth-order valence-corrected chi connectivity index (χ4v) is 7.75. The maximum absolute atomic E-state index is 12.9. The summed E-state index contributed by atoms with van der Waals surface area (Å²) < 4.78 is 1.87. The second-order valence-corrected chi connectivity index (χ2v) is 12.2. The van der Waals surface area contributed by atoms with Crippen LogP contribution in [0.4, 0.5) is 5.69 Å². The van der Waals surface area contributed by atoms with Crippen LogP contribution in [0, 0.1) is 30.1 Å². The molecule has 0 radical (unpaired) electrons. The number of benzene rings is 1. The van der Waals surface area contributed by atoms with Crippen molar-refractivity contribution in [2.24, 2.45) is 28.9 Å². The van der Waals surface area contributed by atoms with Gasteiger partial charge in [0.15, 0.2) is 5.78 Å². The molecule has 0 spiro atoms. The Morgan fingerprint density at radius 1 is 1.18 bits per heavy atom. The Kier molecular flexibility index (Phi) is 4.60. The Labute approximate surface area is 200 Å². The average molecular weight is 463 g/mol. The molecular formula is C27H34N4O3. The number of nitrogens with two attached hydrogens (primary N) is 1. The first kappa shape index (κ1) is 21.8. The highest BCUT2D eigenvalue weighted by atomic mass is 16.3. The third-order valence-electron chi connectivity index (χ3n) is 8.80. The van der Waals surface area contributed by atoms with Crippen LogP contribution in [-0.2, 0) is 6.42 Å². The molecule has 1 heterocycles. The van der Waals surface area contributed by atoms with Crippen LogP contribution in [0.3, 0.4) is 0 Å². The predicted octanol–water partition coefficient (Wildman–Crippen LogP) is 3.79. The smallest absolute Gasteiger partial charge is 0.250 e. The molecule has 1 aromatic carbocycles. The number of carbonyl (C=O) groups is 2. The number of aliphatic hydroxyl groups is 1. The van der Waals surface area contributed by atoms with Crippen molar-refractivity contribution in [3.05, 3.63) is 40.7 Å². The van der Waals surface area contributed by atoms with Gasteiger partial charge in [-0.1, -0.05) is 13.8 Å². The number of Topliss-reactive ketones (excluding diaryl/α,β-unsaturated/α-hetero) is 1. The zero-order valence-electron chi connectivity index (χ0n) is 20.2. The van der Waals surface area contributed by atoms with Crippen LogP contribution in [0.15, 0.2) is 18.2 Å². The average Bonchev–Trinajstić information content (AvgIpc) is 3.04. The van der Waals surface area contributed by atoms with Gasteiger partial charge in [-0.15, -0.1) is 0 Å². The largest absolute Gasteiger partial charge is 0.390 e. The van der Waals surface area contributed by atoms with Gasteiger partial charge in [0.1, 0.15) is 0 Å². The lowest BCUT2D eigenvalue weighted by atomic mass is 9.52. The third kappa shape index (κ3) is 3.39. The van der Waals surface area contributed by atoms with E-state index in [4.69, 9.17) is 10.8 Å². The number of rotatable bonds is 4. The van der Waals surface area contributed by atoms with Crippen LogP contribution >= 0.6 is 0 Å². The van der Waals surface area contributed by atoms with E-state index in [2.05, 4.69) is 19.2 Å². The summed E-state index contributed by atoms with van der Waals surface area (Å²) in [6.45, 7) is 6.12. The number of amides is 1. The Morgan fingerprint density at radius 2 is 1.88 bits per heavy atom. The zero-order valence-corrected chi connectivity index (χ0v) is 20.2. The first-order chi connectivity index (χ1) is 16.0. The second-order valence-electron chi connectivity index (χ2n) is 12.2.